The second-order valence-electron chi connectivity index (χ2n) is 8.49. The third-order valence-electron chi connectivity index (χ3n) is 6.25. The minimum atomic E-state index is -0.959. The molecule has 0 amide bonds. The highest BCUT2D eigenvalue weighted by Crippen LogP contribution is 2.37. The minimum absolute atomic E-state index is 0.124. The van der Waals surface area contributed by atoms with Crippen LogP contribution in [0.4, 0.5) is 0 Å². The Labute approximate surface area is 202 Å². The molecule has 0 aliphatic heterocycles. The van der Waals surface area contributed by atoms with Gasteiger partial charge >= 0.3 is 5.97 Å². The summed E-state index contributed by atoms with van der Waals surface area (Å²) in [6, 6.07) is 25.0. The molecule has 1 heterocycles. The van der Waals surface area contributed by atoms with E-state index in [4.69, 9.17) is 5.11 Å². The summed E-state index contributed by atoms with van der Waals surface area (Å²) in [4.78, 5) is 34.8. The summed E-state index contributed by atoms with van der Waals surface area (Å²) >= 11 is 0. The molecule has 4 rings (SSSR count). The monoisotopic (exact) mass is 467 g/mol. The van der Waals surface area contributed by atoms with E-state index < -0.39 is 12.0 Å². The maximum atomic E-state index is 11.9. The second kappa shape index (κ2) is 10.3. The molecule has 0 spiro atoms. The third-order valence-corrected chi connectivity index (χ3v) is 6.25. The first-order chi connectivity index (χ1) is 16.9. The number of carboxylic acid groups (broad SMARTS) is 1. The molecule has 1 aromatic heterocycles. The highest BCUT2D eigenvalue weighted by molar-refractivity contribution is 5.88. The second-order valence-corrected chi connectivity index (χ2v) is 8.49. The number of nitrogens with zero attached hydrogens (tertiary/aromatic N) is 3. The van der Waals surface area contributed by atoms with Gasteiger partial charge in [0.1, 0.15) is 6.04 Å². The molecular weight excluding hydrogens is 442 g/mol. The number of carboxylic acids is 1. The van der Waals surface area contributed by atoms with Crippen molar-refractivity contribution in [3.8, 4) is 11.1 Å². The molecule has 0 bridgehead atoms. The molecule has 176 valence electrons. The van der Waals surface area contributed by atoms with E-state index in [0.717, 1.165) is 27.8 Å². The Morgan fingerprint density at radius 2 is 1.57 bits per heavy atom. The maximum absolute atomic E-state index is 11.9. The van der Waals surface area contributed by atoms with Gasteiger partial charge in [-0.2, -0.15) is 10.0 Å². The number of hydrogen-bond donors (Lipinski definition) is 1. The summed E-state index contributed by atoms with van der Waals surface area (Å²) in [6.45, 7) is 2.04. The lowest BCUT2D eigenvalue weighted by Gasteiger charge is -2.23. The Kier molecular flexibility index (Phi) is 6.96. The zero-order chi connectivity index (χ0) is 24.9. The van der Waals surface area contributed by atoms with Gasteiger partial charge in [-0.05, 0) is 59.4 Å². The van der Waals surface area contributed by atoms with Crippen LogP contribution < -0.4 is 5.56 Å². The lowest BCUT2D eigenvalue weighted by atomic mass is 9.83. The molecule has 0 aliphatic rings. The summed E-state index contributed by atoms with van der Waals surface area (Å²) in [6.07, 6.45) is 0.395. The quantitative estimate of drug-likeness (QED) is 0.346. The van der Waals surface area contributed by atoms with E-state index in [-0.39, 0.29) is 17.0 Å². The van der Waals surface area contributed by atoms with Gasteiger partial charge in [-0.25, -0.2) is 9.48 Å². The Hall–Kier alpha value is -4.39. The van der Waals surface area contributed by atoms with Gasteiger partial charge < -0.3 is 5.11 Å². The molecular formula is C28H25N3O4. The number of rotatable bonds is 8. The number of nitroso groups, excluding NO2 is 1. The Morgan fingerprint density at radius 3 is 2.14 bits per heavy atom. The molecule has 35 heavy (non-hydrogen) atoms. The van der Waals surface area contributed by atoms with Gasteiger partial charge in [0, 0.05) is 19.0 Å². The van der Waals surface area contributed by atoms with Crippen LogP contribution >= 0.6 is 0 Å². The molecule has 0 saturated carbocycles. The first-order valence-corrected chi connectivity index (χ1v) is 11.2. The molecule has 7 heteroatoms. The first kappa shape index (κ1) is 23.8. The topological polar surface area (TPSA) is 102 Å². The number of aromatic carboxylic acids is 1. The van der Waals surface area contributed by atoms with Crippen molar-refractivity contribution in [3.63, 3.8) is 0 Å². The molecule has 0 saturated heterocycles. The molecule has 0 aliphatic carbocycles. The van der Waals surface area contributed by atoms with Crippen LogP contribution in [0, 0.1) is 11.8 Å². The predicted molar refractivity (Wildman–Crippen MR) is 134 cm³/mol. The zero-order valence-electron chi connectivity index (χ0n) is 19.5. The number of benzene rings is 3. The minimum Gasteiger partial charge on any atom is -0.478 e. The highest BCUT2D eigenvalue weighted by Gasteiger charge is 2.24. The smallest absolute Gasteiger partial charge is 0.335 e. The summed E-state index contributed by atoms with van der Waals surface area (Å²) < 4.78 is 1.21. The van der Waals surface area contributed by atoms with Crippen molar-refractivity contribution in [2.45, 2.75) is 25.3 Å². The summed E-state index contributed by atoms with van der Waals surface area (Å²) in [5.41, 5.74) is 5.52. The fourth-order valence-electron chi connectivity index (χ4n) is 4.27. The van der Waals surface area contributed by atoms with Crippen LogP contribution in [0.5, 0.6) is 0 Å². The van der Waals surface area contributed by atoms with Gasteiger partial charge in [-0.1, -0.05) is 65.8 Å². The summed E-state index contributed by atoms with van der Waals surface area (Å²) in [7, 11) is 1.55. The molecule has 1 unspecified atom stereocenters. The summed E-state index contributed by atoms with van der Waals surface area (Å²) in [5, 5.41) is 16.7. The number of aryl methyl sites for hydroxylation is 2. The van der Waals surface area contributed by atoms with Gasteiger partial charge in [0.2, 0.25) is 0 Å². The van der Waals surface area contributed by atoms with Gasteiger partial charge in [0.25, 0.3) is 5.56 Å². The van der Waals surface area contributed by atoms with E-state index in [1.807, 2.05) is 49.4 Å². The van der Waals surface area contributed by atoms with E-state index in [1.165, 1.54) is 10.7 Å². The van der Waals surface area contributed by atoms with Crippen LogP contribution in [0.3, 0.4) is 0 Å². The standard InChI is InChI=1S/C28H25N3O4/c1-18-5-3-4-6-23(18)24(17-26(30-35)25-15-16-27(32)31(2)29-25)21-11-7-19(8-12-21)20-9-13-22(14-10-20)28(33)34/h3-16,24,26H,17H2,1-2H3,(H,33,34)/t24-,26?/m1/s1. The first-order valence-electron chi connectivity index (χ1n) is 11.2. The number of aromatic nitrogens is 2. The van der Waals surface area contributed by atoms with Crippen molar-refractivity contribution in [2.75, 3.05) is 0 Å². The fourth-order valence-corrected chi connectivity index (χ4v) is 4.27. The Morgan fingerprint density at radius 1 is 0.943 bits per heavy atom. The van der Waals surface area contributed by atoms with E-state index in [9.17, 15) is 14.5 Å². The van der Waals surface area contributed by atoms with Crippen molar-refractivity contribution in [3.05, 3.63) is 128 Å². The normalized spacial score (nSPS) is 12.6. The predicted octanol–water partition coefficient (Wildman–Crippen LogP) is 5.48. The van der Waals surface area contributed by atoms with Crippen LogP contribution in [0.2, 0.25) is 0 Å². The van der Waals surface area contributed by atoms with Gasteiger partial charge in [0.05, 0.1) is 11.3 Å². The third kappa shape index (κ3) is 5.24. The maximum Gasteiger partial charge on any atom is 0.335 e. The Bertz CT molecular complexity index is 1410. The molecule has 0 fully saturated rings. The van der Waals surface area contributed by atoms with Crippen LogP contribution in [-0.2, 0) is 7.05 Å². The van der Waals surface area contributed by atoms with Crippen molar-refractivity contribution in [1.82, 2.24) is 9.78 Å². The van der Waals surface area contributed by atoms with E-state index in [1.54, 1.807) is 37.4 Å². The molecule has 2 atom stereocenters. The van der Waals surface area contributed by atoms with Gasteiger partial charge in [0.15, 0.2) is 0 Å². The lowest BCUT2D eigenvalue weighted by molar-refractivity contribution is 0.0697. The number of hydrogen-bond acceptors (Lipinski definition) is 5. The van der Waals surface area contributed by atoms with Crippen molar-refractivity contribution >= 4 is 5.97 Å². The van der Waals surface area contributed by atoms with E-state index in [2.05, 4.69) is 16.3 Å². The summed E-state index contributed by atoms with van der Waals surface area (Å²) in [5.74, 6) is -1.08. The van der Waals surface area contributed by atoms with Gasteiger partial charge in [-0.15, -0.1) is 0 Å². The van der Waals surface area contributed by atoms with Gasteiger partial charge in [-0.3, -0.25) is 4.79 Å². The zero-order valence-corrected chi connectivity index (χ0v) is 19.5. The Balaban J connectivity index is 1.69. The van der Waals surface area contributed by atoms with Crippen LogP contribution in [0.1, 0.15) is 51.1 Å². The lowest BCUT2D eigenvalue weighted by Crippen LogP contribution is -2.20. The van der Waals surface area contributed by atoms with Crippen LogP contribution in [0.25, 0.3) is 11.1 Å². The largest absolute Gasteiger partial charge is 0.478 e. The molecule has 0 radical (unpaired) electrons. The van der Waals surface area contributed by atoms with Crippen molar-refractivity contribution < 1.29 is 9.90 Å². The average Bonchev–Trinajstić information content (AvgIpc) is 2.87. The number of carbonyl (C=O) groups is 1. The SMILES string of the molecule is Cc1ccccc1[C@H](CC(N=O)c1ccc(=O)n(C)n1)c1ccc(-c2ccc(C(=O)O)cc2)cc1. The van der Waals surface area contributed by atoms with Crippen molar-refractivity contribution in [1.29, 1.82) is 0 Å². The van der Waals surface area contributed by atoms with Crippen molar-refractivity contribution in [2.24, 2.45) is 12.2 Å². The fraction of sp³-hybridized carbons (Fsp3) is 0.179. The molecule has 3 aromatic carbocycles. The molecule has 1 N–H and O–H groups in total. The van der Waals surface area contributed by atoms with Crippen LogP contribution in [-0.4, -0.2) is 20.9 Å². The van der Waals surface area contributed by atoms with E-state index in [0.29, 0.717) is 12.1 Å². The molecule has 4 aromatic rings. The van der Waals surface area contributed by atoms with Crippen LogP contribution in [0.15, 0.2) is 94.9 Å². The van der Waals surface area contributed by atoms with E-state index >= 15 is 0 Å². The molecule has 7 nitrogen and oxygen atoms in total. The average molecular weight is 468 g/mol. The highest BCUT2D eigenvalue weighted by atomic mass is 16.4.